The maximum Gasteiger partial charge on any atom is 0.317 e. The normalized spacial score (nSPS) is 23.0. The Labute approximate surface area is 149 Å². The van der Waals surface area contributed by atoms with Crippen LogP contribution in [-0.4, -0.2) is 18.4 Å². The minimum absolute atomic E-state index is 0.00713. The fourth-order valence-electron chi connectivity index (χ4n) is 3.65. The van der Waals surface area contributed by atoms with Gasteiger partial charge in [-0.2, -0.15) is 0 Å². The van der Waals surface area contributed by atoms with Crippen LogP contribution < -0.4 is 0 Å². The molecule has 0 spiro atoms. The maximum atomic E-state index is 12.7. The second-order valence-corrected chi connectivity index (χ2v) is 7.13. The first kappa shape index (κ1) is 17.4. The Kier molecular flexibility index (Phi) is 5.32. The van der Waals surface area contributed by atoms with Crippen LogP contribution in [0.3, 0.4) is 0 Å². The van der Waals surface area contributed by atoms with Gasteiger partial charge in [-0.05, 0) is 23.0 Å². The molecule has 0 N–H and O–H groups in total. The standard InChI is InChI=1S/C22H24O3/c1-15(2)14-25-22(24)21-19(23)13-18(16-9-5-3-6-10-16)20(21)17-11-7-4-8-12-17/h3-12,15,18,20-21H,13-14H2,1-2H3/t18-,20+,21+/m0/s1. The van der Waals surface area contributed by atoms with E-state index >= 15 is 0 Å². The van der Waals surface area contributed by atoms with Crippen molar-refractivity contribution in [1.82, 2.24) is 0 Å². The number of benzene rings is 2. The van der Waals surface area contributed by atoms with Crippen molar-refractivity contribution >= 4 is 11.8 Å². The van der Waals surface area contributed by atoms with Crippen LogP contribution in [-0.2, 0) is 14.3 Å². The summed E-state index contributed by atoms with van der Waals surface area (Å²) in [6.07, 6.45) is 0.380. The van der Waals surface area contributed by atoms with Crippen LogP contribution in [0, 0.1) is 11.8 Å². The van der Waals surface area contributed by atoms with Crippen molar-refractivity contribution in [2.45, 2.75) is 32.1 Å². The Morgan fingerprint density at radius 3 is 2.12 bits per heavy atom. The fourth-order valence-corrected chi connectivity index (χ4v) is 3.65. The molecule has 1 aliphatic carbocycles. The van der Waals surface area contributed by atoms with Crippen molar-refractivity contribution in [2.24, 2.45) is 11.8 Å². The van der Waals surface area contributed by atoms with E-state index in [4.69, 9.17) is 4.74 Å². The van der Waals surface area contributed by atoms with Gasteiger partial charge in [-0.3, -0.25) is 9.59 Å². The number of esters is 1. The average molecular weight is 336 g/mol. The zero-order valence-corrected chi connectivity index (χ0v) is 14.7. The molecule has 0 aliphatic heterocycles. The van der Waals surface area contributed by atoms with Gasteiger partial charge in [-0.15, -0.1) is 0 Å². The fraction of sp³-hybridized carbons (Fsp3) is 0.364. The van der Waals surface area contributed by atoms with Crippen LogP contribution in [0.4, 0.5) is 0 Å². The van der Waals surface area contributed by atoms with E-state index in [1.807, 2.05) is 74.5 Å². The largest absolute Gasteiger partial charge is 0.465 e. The number of carbonyl (C=O) groups is 2. The summed E-state index contributed by atoms with van der Waals surface area (Å²) in [5, 5.41) is 0. The van der Waals surface area contributed by atoms with E-state index in [1.54, 1.807) is 0 Å². The topological polar surface area (TPSA) is 43.4 Å². The molecule has 3 nitrogen and oxygen atoms in total. The lowest BCUT2D eigenvalue weighted by atomic mass is 9.80. The first-order chi connectivity index (χ1) is 12.1. The van der Waals surface area contributed by atoms with E-state index in [1.165, 1.54) is 0 Å². The number of rotatable bonds is 5. The SMILES string of the molecule is CC(C)COC(=O)[C@@H]1C(=O)C[C@@H](c2ccccc2)[C@H]1c1ccccc1. The predicted molar refractivity (Wildman–Crippen MR) is 97.3 cm³/mol. The molecular weight excluding hydrogens is 312 g/mol. The van der Waals surface area contributed by atoms with Crippen molar-refractivity contribution in [3.63, 3.8) is 0 Å². The summed E-state index contributed by atoms with van der Waals surface area (Å²) in [6, 6.07) is 19.9. The number of ketones is 1. The number of ether oxygens (including phenoxy) is 1. The van der Waals surface area contributed by atoms with Gasteiger partial charge in [-0.1, -0.05) is 74.5 Å². The number of hydrogen-bond acceptors (Lipinski definition) is 3. The van der Waals surface area contributed by atoms with Crippen LogP contribution >= 0.6 is 0 Å². The summed E-state index contributed by atoms with van der Waals surface area (Å²) in [4.78, 5) is 25.4. The number of hydrogen-bond donors (Lipinski definition) is 0. The molecule has 2 aromatic carbocycles. The summed E-state index contributed by atoms with van der Waals surface area (Å²) < 4.78 is 5.43. The van der Waals surface area contributed by atoms with E-state index < -0.39 is 5.92 Å². The highest BCUT2D eigenvalue weighted by molar-refractivity contribution is 6.02. The molecule has 3 atom stereocenters. The van der Waals surface area contributed by atoms with Gasteiger partial charge in [0.05, 0.1) is 6.61 Å². The molecule has 0 amide bonds. The monoisotopic (exact) mass is 336 g/mol. The molecule has 1 aliphatic rings. The van der Waals surface area contributed by atoms with Crippen LogP contribution in [0.1, 0.15) is 43.2 Å². The molecular formula is C22H24O3. The first-order valence-corrected chi connectivity index (χ1v) is 8.87. The van der Waals surface area contributed by atoms with Gasteiger partial charge in [0.1, 0.15) is 11.7 Å². The van der Waals surface area contributed by atoms with Gasteiger partial charge in [0.15, 0.2) is 0 Å². The number of Topliss-reactive ketones (excluding diaryl/α,β-unsaturated/α-hetero) is 1. The highest BCUT2D eigenvalue weighted by Gasteiger charge is 2.48. The zero-order chi connectivity index (χ0) is 17.8. The van der Waals surface area contributed by atoms with Crippen molar-refractivity contribution in [3.05, 3.63) is 71.8 Å². The molecule has 0 bridgehead atoms. The lowest BCUT2D eigenvalue weighted by molar-refractivity contribution is -0.152. The summed E-state index contributed by atoms with van der Waals surface area (Å²) in [7, 11) is 0. The summed E-state index contributed by atoms with van der Waals surface area (Å²) in [5.74, 6) is -1.03. The molecule has 0 aromatic heterocycles. The second kappa shape index (κ2) is 7.64. The predicted octanol–water partition coefficient (Wildman–Crippen LogP) is 4.34. The highest BCUT2D eigenvalue weighted by atomic mass is 16.5. The molecule has 1 fully saturated rings. The van der Waals surface area contributed by atoms with Gasteiger partial charge in [0, 0.05) is 12.3 Å². The highest BCUT2D eigenvalue weighted by Crippen LogP contribution is 2.48. The van der Waals surface area contributed by atoms with Crippen LogP contribution in [0.2, 0.25) is 0 Å². The van der Waals surface area contributed by atoms with Gasteiger partial charge in [-0.25, -0.2) is 0 Å². The van der Waals surface area contributed by atoms with Gasteiger partial charge in [0.25, 0.3) is 0 Å². The zero-order valence-electron chi connectivity index (χ0n) is 14.7. The van der Waals surface area contributed by atoms with Crippen molar-refractivity contribution < 1.29 is 14.3 Å². The Morgan fingerprint density at radius 2 is 1.56 bits per heavy atom. The lowest BCUT2D eigenvalue weighted by Gasteiger charge is -2.24. The van der Waals surface area contributed by atoms with Crippen LogP contribution in [0.15, 0.2) is 60.7 Å². The Balaban J connectivity index is 1.95. The Hall–Kier alpha value is -2.42. The van der Waals surface area contributed by atoms with E-state index in [-0.39, 0.29) is 29.5 Å². The van der Waals surface area contributed by atoms with Crippen molar-refractivity contribution in [3.8, 4) is 0 Å². The Bertz CT molecular complexity index is 721. The molecule has 2 aromatic rings. The van der Waals surface area contributed by atoms with Gasteiger partial charge >= 0.3 is 5.97 Å². The maximum absolute atomic E-state index is 12.7. The van der Waals surface area contributed by atoms with Crippen molar-refractivity contribution in [1.29, 1.82) is 0 Å². The van der Waals surface area contributed by atoms with Gasteiger partial charge in [0.2, 0.25) is 0 Å². The van der Waals surface area contributed by atoms with Crippen LogP contribution in [0.5, 0.6) is 0 Å². The quantitative estimate of drug-likeness (QED) is 0.602. The number of carbonyl (C=O) groups excluding carboxylic acids is 2. The third-order valence-electron chi connectivity index (χ3n) is 4.79. The van der Waals surface area contributed by atoms with Crippen molar-refractivity contribution in [2.75, 3.05) is 6.61 Å². The van der Waals surface area contributed by atoms with E-state index in [9.17, 15) is 9.59 Å². The average Bonchev–Trinajstić information content (AvgIpc) is 2.98. The second-order valence-electron chi connectivity index (χ2n) is 7.13. The molecule has 3 rings (SSSR count). The molecule has 25 heavy (non-hydrogen) atoms. The molecule has 3 heteroatoms. The summed E-state index contributed by atoms with van der Waals surface area (Å²) >= 11 is 0. The third-order valence-corrected chi connectivity index (χ3v) is 4.79. The van der Waals surface area contributed by atoms with E-state index in [2.05, 4.69) is 0 Å². The van der Waals surface area contributed by atoms with Gasteiger partial charge < -0.3 is 4.74 Å². The molecule has 1 saturated carbocycles. The van der Waals surface area contributed by atoms with E-state index in [0.29, 0.717) is 13.0 Å². The van der Waals surface area contributed by atoms with Crippen LogP contribution in [0.25, 0.3) is 0 Å². The molecule has 0 unspecified atom stereocenters. The lowest BCUT2D eigenvalue weighted by Crippen LogP contribution is -2.28. The molecule has 0 saturated heterocycles. The van der Waals surface area contributed by atoms with E-state index in [0.717, 1.165) is 11.1 Å². The Morgan fingerprint density at radius 1 is 1.00 bits per heavy atom. The minimum Gasteiger partial charge on any atom is -0.465 e. The summed E-state index contributed by atoms with van der Waals surface area (Å²) in [5.41, 5.74) is 2.12. The first-order valence-electron chi connectivity index (χ1n) is 8.87. The third kappa shape index (κ3) is 3.81. The molecule has 0 radical (unpaired) electrons. The molecule has 0 heterocycles. The summed E-state index contributed by atoms with van der Waals surface area (Å²) in [6.45, 7) is 4.33. The minimum atomic E-state index is -0.716. The molecule has 130 valence electrons. The smallest absolute Gasteiger partial charge is 0.317 e.